The Balaban J connectivity index is 1.66. The van der Waals surface area contributed by atoms with Gasteiger partial charge in [-0.3, -0.25) is 9.59 Å². The third kappa shape index (κ3) is 4.78. The van der Waals surface area contributed by atoms with E-state index in [1.54, 1.807) is 30.5 Å². The van der Waals surface area contributed by atoms with Gasteiger partial charge in [-0.1, -0.05) is 64.5 Å². The van der Waals surface area contributed by atoms with Crippen molar-refractivity contribution in [2.24, 2.45) is 5.10 Å². The Morgan fingerprint density at radius 1 is 0.938 bits per heavy atom. The number of hydrogen-bond acceptors (Lipinski definition) is 3. The molecule has 1 aromatic heterocycles. The van der Waals surface area contributed by atoms with Gasteiger partial charge in [-0.2, -0.15) is 5.10 Å². The lowest BCUT2D eigenvalue weighted by Gasteiger charge is -2.14. The first kappa shape index (κ1) is 21.5. The molecule has 160 valence electrons. The highest BCUT2D eigenvalue weighted by Crippen LogP contribution is 2.29. The summed E-state index contributed by atoms with van der Waals surface area (Å²) in [6, 6.07) is 23.7. The van der Waals surface area contributed by atoms with Crippen LogP contribution < -0.4 is 5.43 Å². The third-order valence-corrected chi connectivity index (χ3v) is 5.73. The monoisotopic (exact) mass is 489 g/mol. The minimum absolute atomic E-state index is 0.113. The molecule has 6 nitrogen and oxygen atoms in total. The van der Waals surface area contributed by atoms with Gasteiger partial charge in [0.1, 0.15) is 0 Å². The Labute approximate surface area is 193 Å². The van der Waals surface area contributed by atoms with Crippen LogP contribution in [-0.2, 0) is 4.79 Å². The number of benzene rings is 3. The highest BCUT2D eigenvalue weighted by molar-refractivity contribution is 9.10. The van der Waals surface area contributed by atoms with Crippen LogP contribution in [-0.4, -0.2) is 27.7 Å². The van der Waals surface area contributed by atoms with Crippen molar-refractivity contribution >= 4 is 44.4 Å². The summed E-state index contributed by atoms with van der Waals surface area (Å²) in [6.07, 6.45) is 1.84. The first-order valence-electron chi connectivity index (χ1n) is 9.99. The van der Waals surface area contributed by atoms with Crippen molar-refractivity contribution in [2.75, 3.05) is 0 Å². The van der Waals surface area contributed by atoms with Crippen LogP contribution in [0.25, 0.3) is 10.9 Å². The number of aliphatic carboxylic acids is 1. The number of amides is 1. The van der Waals surface area contributed by atoms with Gasteiger partial charge >= 0.3 is 5.97 Å². The Morgan fingerprint density at radius 3 is 2.34 bits per heavy atom. The predicted octanol–water partition coefficient (Wildman–Crippen LogP) is 5.32. The van der Waals surface area contributed by atoms with E-state index in [0.29, 0.717) is 16.8 Å². The molecule has 3 aromatic carbocycles. The topological polar surface area (TPSA) is 94.6 Å². The second-order valence-corrected chi connectivity index (χ2v) is 8.17. The van der Waals surface area contributed by atoms with Crippen LogP contribution in [0.3, 0.4) is 0 Å². The van der Waals surface area contributed by atoms with Gasteiger partial charge in [0.25, 0.3) is 5.91 Å². The minimum Gasteiger partial charge on any atom is -0.481 e. The molecular formula is C25H20BrN3O3. The van der Waals surface area contributed by atoms with E-state index in [4.69, 9.17) is 0 Å². The number of aromatic nitrogens is 1. The standard InChI is InChI=1S/C25H20BrN3O3/c26-18-12-10-17(11-13-18)24(30)29-28-23(16-6-2-1-3-7-16)14-20(25(31)32)21-15-27-22-9-5-4-8-19(21)22/h1-13,15,20,27H,14H2,(H,29,30)(H,31,32)/t20-/m1/s1. The van der Waals surface area contributed by atoms with E-state index in [1.165, 1.54) is 0 Å². The number of carbonyl (C=O) groups excluding carboxylic acids is 1. The first-order valence-corrected chi connectivity index (χ1v) is 10.8. The number of para-hydroxylation sites is 1. The lowest BCUT2D eigenvalue weighted by atomic mass is 9.91. The van der Waals surface area contributed by atoms with E-state index in [1.807, 2.05) is 54.6 Å². The molecule has 4 rings (SSSR count). The van der Waals surface area contributed by atoms with Crippen LogP contribution in [0.2, 0.25) is 0 Å². The van der Waals surface area contributed by atoms with Crippen LogP contribution >= 0.6 is 15.9 Å². The highest BCUT2D eigenvalue weighted by atomic mass is 79.9. The Kier molecular flexibility index (Phi) is 6.47. The molecule has 0 aliphatic carbocycles. The molecule has 3 N–H and O–H groups in total. The smallest absolute Gasteiger partial charge is 0.311 e. The molecule has 0 saturated carbocycles. The number of hydrogen-bond donors (Lipinski definition) is 3. The molecule has 0 radical (unpaired) electrons. The maximum absolute atomic E-state index is 12.6. The molecule has 0 fully saturated rings. The summed E-state index contributed by atoms with van der Waals surface area (Å²) in [6.45, 7) is 0. The number of halogens is 1. The summed E-state index contributed by atoms with van der Waals surface area (Å²) in [5.74, 6) is -2.17. The van der Waals surface area contributed by atoms with E-state index < -0.39 is 11.9 Å². The van der Waals surface area contributed by atoms with Crippen molar-refractivity contribution < 1.29 is 14.7 Å². The Morgan fingerprint density at radius 2 is 1.62 bits per heavy atom. The average Bonchev–Trinajstić information content (AvgIpc) is 3.23. The molecule has 1 atom stereocenters. The quantitative estimate of drug-likeness (QED) is 0.242. The van der Waals surface area contributed by atoms with Gasteiger partial charge in [0.05, 0.1) is 11.6 Å². The lowest BCUT2D eigenvalue weighted by molar-refractivity contribution is -0.138. The number of hydrazone groups is 1. The van der Waals surface area contributed by atoms with Gasteiger partial charge in [0.2, 0.25) is 0 Å². The Bertz CT molecular complexity index is 1280. The van der Waals surface area contributed by atoms with Crippen molar-refractivity contribution in [1.29, 1.82) is 0 Å². The van der Waals surface area contributed by atoms with Crippen molar-refractivity contribution in [2.45, 2.75) is 12.3 Å². The summed E-state index contributed by atoms with van der Waals surface area (Å²) < 4.78 is 0.866. The van der Waals surface area contributed by atoms with E-state index in [9.17, 15) is 14.7 Å². The van der Waals surface area contributed by atoms with Crippen LogP contribution in [0.5, 0.6) is 0 Å². The van der Waals surface area contributed by atoms with Crippen LogP contribution in [0.4, 0.5) is 0 Å². The van der Waals surface area contributed by atoms with Crippen molar-refractivity contribution in [3.8, 4) is 0 Å². The average molecular weight is 490 g/mol. The van der Waals surface area contributed by atoms with Gasteiger partial charge in [0, 0.05) is 33.6 Å². The number of carbonyl (C=O) groups is 2. The first-order chi connectivity index (χ1) is 15.5. The fourth-order valence-corrected chi connectivity index (χ4v) is 3.81. The van der Waals surface area contributed by atoms with Gasteiger partial charge < -0.3 is 10.1 Å². The number of H-pyrrole nitrogens is 1. The molecule has 0 saturated heterocycles. The summed E-state index contributed by atoms with van der Waals surface area (Å²) in [5.41, 5.74) is 5.80. The molecule has 1 amide bonds. The summed E-state index contributed by atoms with van der Waals surface area (Å²) >= 11 is 3.35. The second kappa shape index (κ2) is 9.62. The molecule has 0 aliphatic heterocycles. The minimum atomic E-state index is -0.961. The third-order valence-electron chi connectivity index (χ3n) is 5.20. The normalized spacial score (nSPS) is 12.5. The molecule has 0 spiro atoms. The largest absolute Gasteiger partial charge is 0.481 e. The number of carboxylic acids is 1. The summed E-state index contributed by atoms with van der Waals surface area (Å²) in [5, 5.41) is 15.2. The predicted molar refractivity (Wildman–Crippen MR) is 128 cm³/mol. The molecule has 4 aromatic rings. The van der Waals surface area contributed by atoms with Crippen LogP contribution in [0.1, 0.15) is 33.8 Å². The fourth-order valence-electron chi connectivity index (χ4n) is 3.55. The molecule has 0 aliphatic rings. The molecule has 1 heterocycles. The zero-order chi connectivity index (χ0) is 22.5. The molecule has 0 bridgehead atoms. The lowest BCUT2D eigenvalue weighted by Crippen LogP contribution is -2.23. The molecule has 0 unspecified atom stereocenters. The number of carboxylic acid groups (broad SMARTS) is 1. The van der Waals surface area contributed by atoms with Crippen LogP contribution in [0.15, 0.2) is 94.6 Å². The number of aromatic amines is 1. The number of rotatable bonds is 7. The van der Waals surface area contributed by atoms with Gasteiger partial charge in [-0.15, -0.1) is 0 Å². The summed E-state index contributed by atoms with van der Waals surface area (Å²) in [4.78, 5) is 27.9. The maximum Gasteiger partial charge on any atom is 0.311 e. The summed E-state index contributed by atoms with van der Waals surface area (Å²) in [7, 11) is 0. The van der Waals surface area contributed by atoms with E-state index in [-0.39, 0.29) is 12.3 Å². The zero-order valence-electron chi connectivity index (χ0n) is 17.0. The van der Waals surface area contributed by atoms with Gasteiger partial charge in [-0.05, 0) is 41.5 Å². The van der Waals surface area contributed by atoms with Crippen LogP contribution in [0, 0.1) is 0 Å². The van der Waals surface area contributed by atoms with E-state index in [2.05, 4.69) is 31.4 Å². The number of fused-ring (bicyclic) bond motifs is 1. The fraction of sp³-hybridized carbons (Fsp3) is 0.0800. The van der Waals surface area contributed by atoms with E-state index >= 15 is 0 Å². The number of nitrogens with zero attached hydrogens (tertiary/aromatic N) is 1. The van der Waals surface area contributed by atoms with Crippen molar-refractivity contribution in [3.05, 3.63) is 106 Å². The SMILES string of the molecule is O=C(NN=C(C[C@@H](C(=O)O)c1c[nH]c2ccccc12)c1ccccc1)c1ccc(Br)cc1. The molecule has 7 heteroatoms. The van der Waals surface area contributed by atoms with Crippen molar-refractivity contribution in [1.82, 2.24) is 10.4 Å². The van der Waals surface area contributed by atoms with Crippen molar-refractivity contribution in [3.63, 3.8) is 0 Å². The Hall–Kier alpha value is -3.71. The van der Waals surface area contributed by atoms with Gasteiger partial charge in [-0.25, -0.2) is 5.43 Å². The molecule has 32 heavy (non-hydrogen) atoms. The zero-order valence-corrected chi connectivity index (χ0v) is 18.5. The number of nitrogens with one attached hydrogen (secondary N) is 2. The molecular weight excluding hydrogens is 470 g/mol. The highest BCUT2D eigenvalue weighted by Gasteiger charge is 2.26. The van der Waals surface area contributed by atoms with E-state index in [0.717, 1.165) is 20.9 Å². The second-order valence-electron chi connectivity index (χ2n) is 7.26. The maximum atomic E-state index is 12.6. The van der Waals surface area contributed by atoms with Gasteiger partial charge in [0.15, 0.2) is 0 Å².